The zero-order valence-electron chi connectivity index (χ0n) is 17.5. The molecule has 0 spiro atoms. The summed E-state index contributed by atoms with van der Waals surface area (Å²) in [5, 5.41) is 23.1. The maximum absolute atomic E-state index is 13.9. The van der Waals surface area contributed by atoms with E-state index in [-0.39, 0.29) is 12.0 Å². The molecule has 166 valence electrons. The van der Waals surface area contributed by atoms with Gasteiger partial charge in [-0.25, -0.2) is 0 Å². The highest BCUT2D eigenvalue weighted by molar-refractivity contribution is 5.83. The van der Waals surface area contributed by atoms with Crippen LogP contribution in [0.15, 0.2) is 48.5 Å². The summed E-state index contributed by atoms with van der Waals surface area (Å²) < 4.78 is 41.7. The summed E-state index contributed by atoms with van der Waals surface area (Å²) in [5.74, 6) is -0.589. The van der Waals surface area contributed by atoms with Crippen LogP contribution in [0.4, 0.5) is 13.2 Å². The van der Waals surface area contributed by atoms with Crippen molar-refractivity contribution in [2.75, 3.05) is 0 Å². The molecule has 8 heteroatoms. The minimum absolute atomic E-state index is 0.00906. The molecule has 3 rings (SSSR count). The summed E-state index contributed by atoms with van der Waals surface area (Å²) in [5.41, 5.74) is 1.04. The van der Waals surface area contributed by atoms with Crippen molar-refractivity contribution < 1.29 is 18.0 Å². The third-order valence-corrected chi connectivity index (χ3v) is 5.51. The Morgan fingerprint density at radius 3 is 2.06 bits per heavy atom. The SMILES string of the molecule is CCC[C@H](N[C@@H](c1ccc(-c2ccc(C#N)cc2)cc1)C(F)(F)F)C(=O)NC1(C#N)CC1. The standard InChI is InChI=1S/C24H23F3N4O/c1-2-3-20(22(32)31-23(15-29)12-13-23)30-21(24(25,26)27)19-10-8-18(9-11-19)17-6-4-16(14-28)5-7-17/h4-11,20-21,30H,2-3,12-13H2,1H3,(H,31,32)/t20-,21-/m0/s1. The van der Waals surface area contributed by atoms with Gasteiger partial charge < -0.3 is 5.32 Å². The first kappa shape index (κ1) is 23.3. The van der Waals surface area contributed by atoms with Crippen molar-refractivity contribution >= 4 is 5.91 Å². The van der Waals surface area contributed by atoms with E-state index in [1.165, 1.54) is 12.1 Å². The van der Waals surface area contributed by atoms with Crippen LogP contribution in [0.25, 0.3) is 11.1 Å². The number of hydrogen-bond donors (Lipinski definition) is 2. The number of nitriles is 2. The number of nitrogens with zero attached hydrogens (tertiary/aromatic N) is 2. The van der Waals surface area contributed by atoms with Crippen molar-refractivity contribution in [1.82, 2.24) is 10.6 Å². The Morgan fingerprint density at radius 1 is 1.06 bits per heavy atom. The molecule has 0 heterocycles. The molecule has 1 amide bonds. The first-order valence-corrected chi connectivity index (χ1v) is 10.4. The van der Waals surface area contributed by atoms with E-state index in [0.29, 0.717) is 30.4 Å². The first-order valence-electron chi connectivity index (χ1n) is 10.4. The number of amides is 1. The Kier molecular flexibility index (Phi) is 6.86. The van der Waals surface area contributed by atoms with E-state index >= 15 is 0 Å². The Labute approximate surface area is 184 Å². The Balaban J connectivity index is 1.81. The normalized spacial score (nSPS) is 16.3. The zero-order valence-corrected chi connectivity index (χ0v) is 17.5. The molecule has 2 aromatic carbocycles. The lowest BCUT2D eigenvalue weighted by Gasteiger charge is -2.28. The molecule has 32 heavy (non-hydrogen) atoms. The van der Waals surface area contributed by atoms with Gasteiger partial charge in [-0.3, -0.25) is 10.1 Å². The predicted octanol–water partition coefficient (Wildman–Crippen LogP) is 4.76. The van der Waals surface area contributed by atoms with E-state index in [1.54, 1.807) is 43.3 Å². The van der Waals surface area contributed by atoms with Gasteiger partial charge in [0, 0.05) is 0 Å². The third-order valence-electron chi connectivity index (χ3n) is 5.51. The van der Waals surface area contributed by atoms with Crippen molar-refractivity contribution in [1.29, 1.82) is 10.5 Å². The summed E-state index contributed by atoms with van der Waals surface area (Å²) >= 11 is 0. The van der Waals surface area contributed by atoms with Gasteiger partial charge in [0.2, 0.25) is 5.91 Å². The van der Waals surface area contributed by atoms with Gasteiger partial charge in [-0.05, 0) is 48.1 Å². The van der Waals surface area contributed by atoms with Crippen molar-refractivity contribution in [2.45, 2.75) is 56.4 Å². The van der Waals surface area contributed by atoms with Gasteiger partial charge in [0.1, 0.15) is 11.6 Å². The summed E-state index contributed by atoms with van der Waals surface area (Å²) in [6.45, 7) is 1.79. The van der Waals surface area contributed by atoms with Crippen LogP contribution >= 0.6 is 0 Å². The Bertz CT molecular complexity index is 1030. The Morgan fingerprint density at radius 2 is 1.62 bits per heavy atom. The number of rotatable bonds is 8. The topological polar surface area (TPSA) is 88.7 Å². The molecule has 2 atom stereocenters. The molecule has 2 N–H and O–H groups in total. The zero-order chi connectivity index (χ0) is 23.4. The van der Waals surface area contributed by atoms with Crippen molar-refractivity contribution in [3.63, 3.8) is 0 Å². The second kappa shape index (κ2) is 9.42. The minimum Gasteiger partial charge on any atom is -0.336 e. The summed E-state index contributed by atoms with van der Waals surface area (Å²) in [7, 11) is 0. The summed E-state index contributed by atoms with van der Waals surface area (Å²) in [4.78, 5) is 12.6. The number of nitrogens with one attached hydrogen (secondary N) is 2. The number of carbonyl (C=O) groups is 1. The number of halogens is 3. The average molecular weight is 440 g/mol. The predicted molar refractivity (Wildman–Crippen MR) is 113 cm³/mol. The van der Waals surface area contributed by atoms with E-state index < -0.39 is 29.7 Å². The van der Waals surface area contributed by atoms with Crippen LogP contribution in [0.2, 0.25) is 0 Å². The lowest BCUT2D eigenvalue weighted by molar-refractivity contribution is -0.161. The highest BCUT2D eigenvalue weighted by Crippen LogP contribution is 2.36. The number of carbonyl (C=O) groups excluding carboxylic acids is 1. The highest BCUT2D eigenvalue weighted by atomic mass is 19.4. The molecule has 1 fully saturated rings. The summed E-state index contributed by atoms with van der Waals surface area (Å²) in [6.07, 6.45) is -2.88. The molecule has 0 aromatic heterocycles. The van der Waals surface area contributed by atoms with E-state index in [2.05, 4.69) is 10.6 Å². The van der Waals surface area contributed by atoms with Crippen LogP contribution in [0.1, 0.15) is 49.8 Å². The van der Waals surface area contributed by atoms with E-state index in [4.69, 9.17) is 5.26 Å². The van der Waals surface area contributed by atoms with Crippen molar-refractivity contribution in [2.24, 2.45) is 0 Å². The monoisotopic (exact) mass is 440 g/mol. The average Bonchev–Trinajstić information content (AvgIpc) is 3.56. The molecule has 0 aliphatic heterocycles. The van der Waals surface area contributed by atoms with Gasteiger partial charge in [-0.15, -0.1) is 0 Å². The fourth-order valence-corrected chi connectivity index (χ4v) is 3.48. The Hall–Kier alpha value is -3.36. The van der Waals surface area contributed by atoms with E-state index in [1.807, 2.05) is 12.1 Å². The minimum atomic E-state index is -4.62. The molecule has 2 aromatic rings. The lowest BCUT2D eigenvalue weighted by Crippen LogP contribution is -2.51. The molecule has 1 saturated carbocycles. The molecule has 5 nitrogen and oxygen atoms in total. The lowest BCUT2D eigenvalue weighted by atomic mass is 9.98. The van der Waals surface area contributed by atoms with Crippen molar-refractivity contribution in [3.05, 3.63) is 59.7 Å². The van der Waals surface area contributed by atoms with Crippen LogP contribution in [0.5, 0.6) is 0 Å². The smallest absolute Gasteiger partial charge is 0.336 e. The molecule has 1 aliphatic carbocycles. The highest BCUT2D eigenvalue weighted by Gasteiger charge is 2.47. The molecule has 0 unspecified atom stereocenters. The molecule has 1 aliphatic rings. The van der Waals surface area contributed by atoms with Gasteiger partial charge in [-0.1, -0.05) is 49.7 Å². The molecular formula is C24H23F3N4O. The fraction of sp³-hybridized carbons (Fsp3) is 0.375. The largest absolute Gasteiger partial charge is 0.407 e. The number of hydrogen-bond acceptors (Lipinski definition) is 4. The van der Waals surface area contributed by atoms with Gasteiger partial charge in [-0.2, -0.15) is 23.7 Å². The summed E-state index contributed by atoms with van der Waals surface area (Å²) in [6, 6.07) is 13.6. The van der Waals surface area contributed by atoms with Gasteiger partial charge in [0.05, 0.1) is 23.7 Å². The van der Waals surface area contributed by atoms with Gasteiger partial charge >= 0.3 is 6.18 Å². The van der Waals surface area contributed by atoms with E-state index in [0.717, 1.165) is 5.56 Å². The van der Waals surface area contributed by atoms with Crippen LogP contribution in [-0.2, 0) is 4.79 Å². The van der Waals surface area contributed by atoms with Gasteiger partial charge in [0.25, 0.3) is 0 Å². The molecular weight excluding hydrogens is 417 g/mol. The first-order chi connectivity index (χ1) is 15.2. The van der Waals surface area contributed by atoms with Crippen LogP contribution < -0.4 is 10.6 Å². The van der Waals surface area contributed by atoms with Crippen LogP contribution in [-0.4, -0.2) is 23.7 Å². The second-order valence-corrected chi connectivity index (χ2v) is 7.98. The maximum Gasteiger partial charge on any atom is 0.407 e. The quantitative estimate of drug-likeness (QED) is 0.620. The number of alkyl halides is 3. The van der Waals surface area contributed by atoms with Crippen LogP contribution in [0, 0.1) is 22.7 Å². The molecule has 0 saturated heterocycles. The second-order valence-electron chi connectivity index (χ2n) is 7.98. The van der Waals surface area contributed by atoms with Gasteiger partial charge in [0.15, 0.2) is 0 Å². The van der Waals surface area contributed by atoms with Crippen LogP contribution in [0.3, 0.4) is 0 Å². The molecule has 0 radical (unpaired) electrons. The fourth-order valence-electron chi connectivity index (χ4n) is 3.48. The van der Waals surface area contributed by atoms with Crippen molar-refractivity contribution in [3.8, 4) is 23.3 Å². The molecule has 0 bridgehead atoms. The number of benzene rings is 2. The van der Waals surface area contributed by atoms with E-state index in [9.17, 15) is 23.2 Å². The third kappa shape index (κ3) is 5.46. The maximum atomic E-state index is 13.9.